The molecule has 0 aromatic carbocycles. The first kappa shape index (κ1) is 22.0. The molecule has 0 saturated carbocycles. The van der Waals surface area contributed by atoms with E-state index in [2.05, 4.69) is 43.2 Å². The molecule has 2 aliphatic rings. The Morgan fingerprint density at radius 2 is 1.96 bits per heavy atom. The van der Waals surface area contributed by atoms with Crippen LogP contribution in [0.15, 0.2) is 70.1 Å². The molecule has 0 aliphatic heterocycles. The van der Waals surface area contributed by atoms with Crippen LogP contribution in [0.3, 0.4) is 0 Å². The molecule has 0 spiro atoms. The smallest absolute Gasteiger partial charge is 0.141 e. The van der Waals surface area contributed by atoms with Crippen LogP contribution in [0.5, 0.6) is 0 Å². The maximum atomic E-state index is 14.7. The molecule has 0 aromatic rings. The van der Waals surface area contributed by atoms with E-state index in [9.17, 15) is 8.78 Å². The fraction of sp³-hybridized carbons (Fsp3) is 0.500. The molecule has 0 bridgehead atoms. The third-order valence-corrected chi connectivity index (χ3v) is 6.68. The summed E-state index contributed by atoms with van der Waals surface area (Å²) in [5.74, 6) is 0.492. The number of rotatable bonds is 5. The Bertz CT molecular complexity index is 769. The van der Waals surface area contributed by atoms with Crippen molar-refractivity contribution in [1.29, 1.82) is 0 Å². The summed E-state index contributed by atoms with van der Waals surface area (Å²) in [6.45, 7) is 18.0. The van der Waals surface area contributed by atoms with E-state index >= 15 is 0 Å². The highest BCUT2D eigenvalue weighted by atomic mass is 31.0. The van der Waals surface area contributed by atoms with Crippen molar-refractivity contribution in [2.24, 2.45) is 11.8 Å². The van der Waals surface area contributed by atoms with Gasteiger partial charge in [-0.2, -0.15) is 0 Å². The molecule has 148 valence electrons. The Kier molecular flexibility index (Phi) is 6.85. The zero-order valence-corrected chi connectivity index (χ0v) is 18.5. The monoisotopic (exact) mass is 390 g/mol. The maximum absolute atomic E-state index is 14.7. The second-order valence-electron chi connectivity index (χ2n) is 8.40. The van der Waals surface area contributed by atoms with Gasteiger partial charge in [0.2, 0.25) is 0 Å². The van der Waals surface area contributed by atoms with Crippen molar-refractivity contribution in [2.45, 2.75) is 65.7 Å². The van der Waals surface area contributed by atoms with Gasteiger partial charge in [0.1, 0.15) is 11.2 Å². The molecule has 4 unspecified atom stereocenters. The van der Waals surface area contributed by atoms with Crippen molar-refractivity contribution >= 4 is 9.24 Å². The van der Waals surface area contributed by atoms with Crippen LogP contribution in [0.4, 0.5) is 8.78 Å². The highest BCUT2D eigenvalue weighted by Gasteiger charge is 2.29. The molecular weight excluding hydrogens is 357 g/mol. The summed E-state index contributed by atoms with van der Waals surface area (Å²) < 4.78 is 28.8. The number of allylic oxidation sites excluding steroid dienone is 10. The Morgan fingerprint density at radius 3 is 2.56 bits per heavy atom. The van der Waals surface area contributed by atoms with E-state index in [1.54, 1.807) is 19.1 Å². The Hall–Kier alpha value is -1.27. The quantitative estimate of drug-likeness (QED) is 0.330. The topological polar surface area (TPSA) is 0 Å². The largest absolute Gasteiger partial charge is 0.235 e. The predicted molar refractivity (Wildman–Crippen MR) is 117 cm³/mol. The van der Waals surface area contributed by atoms with Crippen molar-refractivity contribution in [2.75, 3.05) is 0 Å². The molecule has 2 aliphatic carbocycles. The molecular formula is C24H33F2P. The highest BCUT2D eigenvalue weighted by molar-refractivity contribution is 7.19. The van der Waals surface area contributed by atoms with Gasteiger partial charge in [-0.05, 0) is 93.6 Å². The van der Waals surface area contributed by atoms with Crippen LogP contribution in [0.1, 0.15) is 60.3 Å². The van der Waals surface area contributed by atoms with Crippen molar-refractivity contribution < 1.29 is 8.78 Å². The van der Waals surface area contributed by atoms with Crippen LogP contribution in [-0.4, -0.2) is 5.41 Å². The van der Waals surface area contributed by atoms with Gasteiger partial charge in [-0.25, -0.2) is 8.78 Å². The molecule has 27 heavy (non-hydrogen) atoms. The summed E-state index contributed by atoms with van der Waals surface area (Å²) in [6.07, 6.45) is 6.94. The van der Waals surface area contributed by atoms with Crippen LogP contribution in [0, 0.1) is 11.8 Å². The van der Waals surface area contributed by atoms with Gasteiger partial charge >= 0.3 is 0 Å². The summed E-state index contributed by atoms with van der Waals surface area (Å²) >= 11 is 0. The summed E-state index contributed by atoms with van der Waals surface area (Å²) in [5.41, 5.74) is 6.64. The molecule has 0 saturated heterocycles. The van der Waals surface area contributed by atoms with Gasteiger partial charge in [0.25, 0.3) is 0 Å². The Labute approximate surface area is 166 Å². The van der Waals surface area contributed by atoms with Gasteiger partial charge in [-0.3, -0.25) is 0 Å². The third kappa shape index (κ3) is 4.96. The number of alkyl halides is 1. The number of hydrogen-bond acceptors (Lipinski definition) is 0. The van der Waals surface area contributed by atoms with Gasteiger partial charge in [0.05, 0.1) is 0 Å². The molecule has 0 aromatic heterocycles. The van der Waals surface area contributed by atoms with E-state index in [1.165, 1.54) is 12.5 Å². The molecule has 0 nitrogen and oxygen atoms in total. The summed E-state index contributed by atoms with van der Waals surface area (Å²) in [4.78, 5) is 0. The lowest BCUT2D eigenvalue weighted by Gasteiger charge is -2.32. The van der Waals surface area contributed by atoms with Crippen LogP contribution in [0.2, 0.25) is 0 Å². The third-order valence-electron chi connectivity index (χ3n) is 6.23. The zero-order valence-electron chi connectivity index (χ0n) is 17.4. The van der Waals surface area contributed by atoms with Gasteiger partial charge in [-0.1, -0.05) is 46.5 Å². The first-order valence-electron chi connectivity index (χ1n) is 9.73. The van der Waals surface area contributed by atoms with Crippen molar-refractivity contribution in [3.8, 4) is 0 Å². The van der Waals surface area contributed by atoms with Crippen molar-refractivity contribution in [1.82, 2.24) is 0 Å². The number of hydrogen-bond donors (Lipinski definition) is 0. The zero-order chi connectivity index (χ0) is 20.5. The highest BCUT2D eigenvalue weighted by Crippen LogP contribution is 2.44. The standard InChI is InChI=1S/C24H33F2P/c1-14-9-11-22(25)23(19(14)6)21-13-20(10-8-15(21)2)18(5)16(3)12-17(4)24(7,26)27/h11-12,14,20H,3,5,8-10,13,27H2,1-2,4,6-7H3/b17-12+. The van der Waals surface area contributed by atoms with Gasteiger partial charge in [0.15, 0.2) is 0 Å². The normalized spacial score (nSPS) is 26.7. The van der Waals surface area contributed by atoms with E-state index in [1.807, 2.05) is 0 Å². The molecule has 3 heteroatoms. The molecule has 0 radical (unpaired) electrons. The Balaban J connectivity index is 2.27. The van der Waals surface area contributed by atoms with Crippen LogP contribution in [-0.2, 0) is 0 Å². The van der Waals surface area contributed by atoms with Gasteiger partial charge in [-0.15, -0.1) is 0 Å². The lowest BCUT2D eigenvalue weighted by atomic mass is 9.73. The van der Waals surface area contributed by atoms with E-state index in [0.29, 0.717) is 11.5 Å². The Morgan fingerprint density at radius 1 is 1.33 bits per heavy atom. The molecule has 2 rings (SSSR count). The molecule has 4 atom stereocenters. The first-order chi connectivity index (χ1) is 12.4. The van der Waals surface area contributed by atoms with Gasteiger partial charge < -0.3 is 0 Å². The average Bonchev–Trinajstić information content (AvgIpc) is 2.58. The molecule has 0 heterocycles. The summed E-state index contributed by atoms with van der Waals surface area (Å²) in [7, 11) is 2.21. The fourth-order valence-electron chi connectivity index (χ4n) is 3.81. The maximum Gasteiger partial charge on any atom is 0.141 e. The minimum Gasteiger partial charge on any atom is -0.235 e. The molecule has 0 N–H and O–H groups in total. The van der Waals surface area contributed by atoms with E-state index in [4.69, 9.17) is 0 Å². The average molecular weight is 390 g/mol. The second-order valence-corrected chi connectivity index (χ2v) is 9.48. The summed E-state index contributed by atoms with van der Waals surface area (Å²) in [6, 6.07) is 0. The lowest BCUT2D eigenvalue weighted by Crippen LogP contribution is -2.17. The summed E-state index contributed by atoms with van der Waals surface area (Å²) in [5, 5.41) is -1.45. The SMILES string of the molecule is C=C(/C=C(\C)C(C)(F)P)C(=C)C1CCC(C)=C(C2=C(C)C(C)CC=C2F)C1. The van der Waals surface area contributed by atoms with E-state index in [0.717, 1.165) is 53.5 Å². The van der Waals surface area contributed by atoms with Gasteiger partial charge in [0, 0.05) is 5.57 Å². The van der Waals surface area contributed by atoms with E-state index in [-0.39, 0.29) is 11.7 Å². The predicted octanol–water partition coefficient (Wildman–Crippen LogP) is 7.93. The van der Waals surface area contributed by atoms with E-state index < -0.39 is 5.41 Å². The first-order valence-corrected chi connectivity index (χ1v) is 10.3. The van der Waals surface area contributed by atoms with Crippen molar-refractivity contribution in [3.05, 3.63) is 70.1 Å². The molecule has 0 fully saturated rings. The van der Waals surface area contributed by atoms with Crippen LogP contribution in [0.25, 0.3) is 0 Å². The fourth-order valence-corrected chi connectivity index (χ4v) is 3.89. The minimum absolute atomic E-state index is 0.0861. The van der Waals surface area contributed by atoms with Crippen LogP contribution >= 0.6 is 9.24 Å². The lowest BCUT2D eigenvalue weighted by molar-refractivity contribution is 0.366. The molecule has 0 amide bonds. The second kappa shape index (κ2) is 8.39. The number of halogens is 2. The van der Waals surface area contributed by atoms with Crippen molar-refractivity contribution in [3.63, 3.8) is 0 Å². The van der Waals surface area contributed by atoms with Crippen LogP contribution < -0.4 is 0 Å². The minimum atomic E-state index is -1.45.